The molecule has 15 heavy (non-hydrogen) atoms. The van der Waals surface area contributed by atoms with Crippen LogP contribution in [0.5, 0.6) is 0 Å². The summed E-state index contributed by atoms with van der Waals surface area (Å²) in [5, 5.41) is 10.3. The second-order valence-electron chi connectivity index (χ2n) is 3.73. The molecule has 0 saturated carbocycles. The standard InChI is InChI=1S/C11H13NO3/c1-7-10(15-8(2)12-7)11(3,13)9-4-5-14-6-9/h4-6,13H,1-3H3. The van der Waals surface area contributed by atoms with Crippen LogP contribution in [0.1, 0.15) is 29.8 Å². The van der Waals surface area contributed by atoms with Crippen molar-refractivity contribution in [2.24, 2.45) is 0 Å². The predicted octanol–water partition coefficient (Wildman–Crippen LogP) is 2.14. The molecule has 4 nitrogen and oxygen atoms in total. The average molecular weight is 207 g/mol. The van der Waals surface area contributed by atoms with Gasteiger partial charge in [0.25, 0.3) is 0 Å². The molecule has 2 aromatic heterocycles. The Hall–Kier alpha value is -1.55. The van der Waals surface area contributed by atoms with Gasteiger partial charge in [0.2, 0.25) is 0 Å². The SMILES string of the molecule is Cc1nc(C)c(C(C)(O)c2ccoc2)o1. The highest BCUT2D eigenvalue weighted by Gasteiger charge is 2.33. The van der Waals surface area contributed by atoms with E-state index in [-0.39, 0.29) is 0 Å². The summed E-state index contributed by atoms with van der Waals surface area (Å²) >= 11 is 0. The topological polar surface area (TPSA) is 59.4 Å². The van der Waals surface area contributed by atoms with Crippen LogP contribution in [-0.2, 0) is 5.60 Å². The van der Waals surface area contributed by atoms with E-state index >= 15 is 0 Å². The maximum atomic E-state index is 10.3. The van der Waals surface area contributed by atoms with Crippen LogP contribution in [0.25, 0.3) is 0 Å². The maximum absolute atomic E-state index is 10.3. The first kappa shape index (κ1) is 9.98. The molecular weight excluding hydrogens is 194 g/mol. The summed E-state index contributed by atoms with van der Waals surface area (Å²) in [6, 6.07) is 1.71. The molecule has 0 aliphatic carbocycles. The number of aliphatic hydroxyl groups is 1. The van der Waals surface area contributed by atoms with Gasteiger partial charge in [-0.1, -0.05) is 0 Å². The third-order valence-electron chi connectivity index (χ3n) is 2.43. The van der Waals surface area contributed by atoms with Gasteiger partial charge in [0.15, 0.2) is 11.7 Å². The number of rotatable bonds is 2. The lowest BCUT2D eigenvalue weighted by Crippen LogP contribution is -2.22. The molecule has 0 aliphatic rings. The zero-order valence-electron chi connectivity index (χ0n) is 8.94. The summed E-state index contributed by atoms with van der Waals surface area (Å²) in [5.41, 5.74) is 0.152. The van der Waals surface area contributed by atoms with Gasteiger partial charge < -0.3 is 13.9 Å². The van der Waals surface area contributed by atoms with Gasteiger partial charge in [0.05, 0.1) is 18.2 Å². The summed E-state index contributed by atoms with van der Waals surface area (Å²) < 4.78 is 10.3. The van der Waals surface area contributed by atoms with Crippen molar-refractivity contribution in [1.29, 1.82) is 0 Å². The highest BCUT2D eigenvalue weighted by Crippen LogP contribution is 2.31. The molecule has 4 heteroatoms. The van der Waals surface area contributed by atoms with Crippen molar-refractivity contribution in [3.8, 4) is 0 Å². The fourth-order valence-corrected chi connectivity index (χ4v) is 1.66. The predicted molar refractivity (Wildman–Crippen MR) is 53.4 cm³/mol. The number of furan rings is 1. The van der Waals surface area contributed by atoms with Crippen molar-refractivity contribution >= 4 is 0 Å². The molecule has 1 unspecified atom stereocenters. The molecule has 2 aromatic rings. The molecule has 0 aliphatic heterocycles. The van der Waals surface area contributed by atoms with Crippen LogP contribution in [0.15, 0.2) is 27.4 Å². The Bertz CT molecular complexity index is 454. The average Bonchev–Trinajstić information content (AvgIpc) is 2.74. The van der Waals surface area contributed by atoms with Crippen LogP contribution in [-0.4, -0.2) is 10.1 Å². The van der Waals surface area contributed by atoms with Crippen molar-refractivity contribution in [2.45, 2.75) is 26.4 Å². The van der Waals surface area contributed by atoms with E-state index in [1.165, 1.54) is 12.5 Å². The number of aromatic nitrogens is 1. The molecule has 0 spiro atoms. The van der Waals surface area contributed by atoms with E-state index in [1.807, 2.05) is 0 Å². The molecule has 1 atom stereocenters. The van der Waals surface area contributed by atoms with E-state index in [9.17, 15) is 5.11 Å². The summed E-state index contributed by atoms with van der Waals surface area (Å²) in [6.07, 6.45) is 3.01. The number of hydrogen-bond acceptors (Lipinski definition) is 4. The number of nitrogens with zero attached hydrogens (tertiary/aromatic N) is 1. The maximum Gasteiger partial charge on any atom is 0.191 e. The summed E-state index contributed by atoms with van der Waals surface area (Å²) in [6.45, 7) is 5.22. The lowest BCUT2D eigenvalue weighted by atomic mass is 9.95. The van der Waals surface area contributed by atoms with Crippen LogP contribution in [0.4, 0.5) is 0 Å². The second-order valence-corrected chi connectivity index (χ2v) is 3.73. The molecule has 0 aromatic carbocycles. The van der Waals surface area contributed by atoms with Gasteiger partial charge in [-0.15, -0.1) is 0 Å². The molecule has 0 bridgehead atoms. The van der Waals surface area contributed by atoms with Gasteiger partial charge in [-0.2, -0.15) is 0 Å². The molecular formula is C11H13NO3. The van der Waals surface area contributed by atoms with Crippen LogP contribution in [0, 0.1) is 13.8 Å². The minimum atomic E-state index is -1.20. The summed E-state index contributed by atoms with van der Waals surface area (Å²) in [5.74, 6) is 1.01. The first-order chi connectivity index (χ1) is 7.01. The van der Waals surface area contributed by atoms with Crippen molar-refractivity contribution in [1.82, 2.24) is 4.98 Å². The van der Waals surface area contributed by atoms with E-state index in [0.717, 1.165) is 0 Å². The highest BCUT2D eigenvalue weighted by atomic mass is 16.4. The van der Waals surface area contributed by atoms with Crippen molar-refractivity contribution < 1.29 is 13.9 Å². The van der Waals surface area contributed by atoms with Gasteiger partial charge in [0.1, 0.15) is 5.60 Å². The van der Waals surface area contributed by atoms with E-state index in [2.05, 4.69) is 4.98 Å². The largest absolute Gasteiger partial charge is 0.472 e. The monoisotopic (exact) mass is 207 g/mol. The van der Waals surface area contributed by atoms with Crippen LogP contribution in [0.3, 0.4) is 0 Å². The first-order valence-electron chi connectivity index (χ1n) is 4.71. The fourth-order valence-electron chi connectivity index (χ4n) is 1.66. The van der Waals surface area contributed by atoms with Gasteiger partial charge in [-0.3, -0.25) is 0 Å². The van der Waals surface area contributed by atoms with Gasteiger partial charge >= 0.3 is 0 Å². The van der Waals surface area contributed by atoms with Crippen molar-refractivity contribution in [3.63, 3.8) is 0 Å². The molecule has 0 fully saturated rings. The Morgan fingerprint density at radius 1 is 1.40 bits per heavy atom. The second kappa shape index (κ2) is 3.24. The van der Waals surface area contributed by atoms with E-state index in [1.54, 1.807) is 26.8 Å². The minimum absolute atomic E-state index is 0.460. The quantitative estimate of drug-likeness (QED) is 0.819. The normalized spacial score (nSPS) is 15.2. The van der Waals surface area contributed by atoms with E-state index in [4.69, 9.17) is 8.83 Å². The zero-order chi connectivity index (χ0) is 11.1. The molecule has 0 amide bonds. The van der Waals surface area contributed by atoms with Crippen molar-refractivity contribution in [3.05, 3.63) is 41.5 Å². The molecule has 0 radical (unpaired) electrons. The number of hydrogen-bond donors (Lipinski definition) is 1. The van der Waals surface area contributed by atoms with E-state index < -0.39 is 5.60 Å². The minimum Gasteiger partial charge on any atom is -0.472 e. The van der Waals surface area contributed by atoms with E-state index in [0.29, 0.717) is 22.9 Å². The fraction of sp³-hybridized carbons (Fsp3) is 0.364. The third kappa shape index (κ3) is 1.57. The Kier molecular flexibility index (Phi) is 2.16. The zero-order valence-corrected chi connectivity index (χ0v) is 8.94. The van der Waals surface area contributed by atoms with Crippen LogP contribution < -0.4 is 0 Å². The third-order valence-corrected chi connectivity index (χ3v) is 2.43. The lowest BCUT2D eigenvalue weighted by Gasteiger charge is -2.19. The Labute approximate surface area is 87.6 Å². The lowest BCUT2D eigenvalue weighted by molar-refractivity contribution is 0.0743. The Morgan fingerprint density at radius 2 is 2.13 bits per heavy atom. The number of oxazole rings is 1. The Balaban J connectivity index is 2.50. The van der Waals surface area contributed by atoms with Crippen LogP contribution in [0.2, 0.25) is 0 Å². The Morgan fingerprint density at radius 3 is 2.60 bits per heavy atom. The van der Waals surface area contributed by atoms with Crippen LogP contribution >= 0.6 is 0 Å². The first-order valence-corrected chi connectivity index (χ1v) is 4.71. The summed E-state index contributed by atoms with van der Waals surface area (Å²) in [7, 11) is 0. The van der Waals surface area contributed by atoms with Crippen molar-refractivity contribution in [2.75, 3.05) is 0 Å². The molecule has 80 valence electrons. The van der Waals surface area contributed by atoms with Gasteiger partial charge in [0, 0.05) is 12.5 Å². The molecule has 2 heterocycles. The van der Waals surface area contributed by atoms with Gasteiger partial charge in [-0.05, 0) is 19.9 Å². The number of aryl methyl sites for hydroxylation is 2. The van der Waals surface area contributed by atoms with Gasteiger partial charge in [-0.25, -0.2) is 4.98 Å². The molecule has 0 saturated heterocycles. The summed E-state index contributed by atoms with van der Waals surface area (Å²) in [4.78, 5) is 4.13. The highest BCUT2D eigenvalue weighted by molar-refractivity contribution is 5.29. The molecule has 1 N–H and O–H groups in total. The smallest absolute Gasteiger partial charge is 0.191 e. The molecule has 2 rings (SSSR count).